The van der Waals surface area contributed by atoms with Crippen LogP contribution in [0, 0.1) is 0 Å². The van der Waals surface area contributed by atoms with Gasteiger partial charge in [0.15, 0.2) is 5.16 Å². The lowest BCUT2D eigenvalue weighted by Gasteiger charge is -1.98. The van der Waals surface area contributed by atoms with Gasteiger partial charge in [0.1, 0.15) is 5.82 Å². The Morgan fingerprint density at radius 2 is 2.42 bits per heavy atom. The van der Waals surface area contributed by atoms with E-state index in [1.165, 1.54) is 12.8 Å². The Balaban J connectivity index is 2.41. The van der Waals surface area contributed by atoms with E-state index in [2.05, 4.69) is 16.9 Å². The second-order valence-corrected chi connectivity index (χ2v) is 3.53. The molecule has 2 N–H and O–H groups in total. The standard InChI is InChI=1S/C8H13N3S/c1-2-3-6-12-8-10-5-4-7(9)11-8/h4-5H,2-3,6H2,1H3,(H2,9,10,11). The van der Waals surface area contributed by atoms with Crippen LogP contribution in [0.15, 0.2) is 17.4 Å². The van der Waals surface area contributed by atoms with Gasteiger partial charge in [-0.05, 0) is 12.5 Å². The predicted octanol–water partition coefficient (Wildman–Crippen LogP) is 1.95. The van der Waals surface area contributed by atoms with Crippen molar-refractivity contribution in [3.05, 3.63) is 12.3 Å². The van der Waals surface area contributed by atoms with Gasteiger partial charge in [0, 0.05) is 11.9 Å². The van der Waals surface area contributed by atoms with Crippen molar-refractivity contribution in [2.24, 2.45) is 0 Å². The molecule has 0 aliphatic carbocycles. The van der Waals surface area contributed by atoms with Gasteiger partial charge in [0.05, 0.1) is 0 Å². The molecular weight excluding hydrogens is 170 g/mol. The van der Waals surface area contributed by atoms with Crippen molar-refractivity contribution in [3.63, 3.8) is 0 Å². The fraction of sp³-hybridized carbons (Fsp3) is 0.500. The van der Waals surface area contributed by atoms with E-state index in [1.54, 1.807) is 24.0 Å². The average Bonchev–Trinajstić information content (AvgIpc) is 2.05. The number of nitrogens with two attached hydrogens (primary N) is 1. The molecule has 0 aliphatic heterocycles. The molecule has 0 spiro atoms. The average molecular weight is 183 g/mol. The lowest BCUT2D eigenvalue weighted by atomic mass is 10.4. The molecule has 66 valence electrons. The molecule has 0 saturated carbocycles. The number of aromatic nitrogens is 2. The third kappa shape index (κ3) is 3.09. The van der Waals surface area contributed by atoms with Crippen molar-refractivity contribution in [3.8, 4) is 0 Å². The summed E-state index contributed by atoms with van der Waals surface area (Å²) in [6, 6.07) is 1.70. The Labute approximate surface area is 76.8 Å². The van der Waals surface area contributed by atoms with Crippen molar-refractivity contribution in [1.29, 1.82) is 0 Å². The summed E-state index contributed by atoms with van der Waals surface area (Å²) in [5.41, 5.74) is 5.50. The Bertz CT molecular complexity index is 239. The van der Waals surface area contributed by atoms with Gasteiger partial charge in [-0.1, -0.05) is 25.1 Å². The first kappa shape index (κ1) is 9.32. The second kappa shape index (κ2) is 4.98. The Kier molecular flexibility index (Phi) is 3.87. The normalized spacial score (nSPS) is 10.1. The summed E-state index contributed by atoms with van der Waals surface area (Å²) in [5, 5.41) is 0.781. The summed E-state index contributed by atoms with van der Waals surface area (Å²) >= 11 is 1.66. The van der Waals surface area contributed by atoms with E-state index < -0.39 is 0 Å². The van der Waals surface area contributed by atoms with E-state index in [0.29, 0.717) is 5.82 Å². The number of hydrogen-bond acceptors (Lipinski definition) is 4. The molecule has 0 unspecified atom stereocenters. The summed E-state index contributed by atoms with van der Waals surface area (Å²) < 4.78 is 0. The monoisotopic (exact) mass is 183 g/mol. The van der Waals surface area contributed by atoms with Crippen LogP contribution in [0.3, 0.4) is 0 Å². The lowest BCUT2D eigenvalue weighted by molar-refractivity contribution is 0.889. The molecule has 0 amide bonds. The molecule has 1 heterocycles. The van der Waals surface area contributed by atoms with Gasteiger partial charge in [0.25, 0.3) is 0 Å². The summed E-state index contributed by atoms with van der Waals surface area (Å²) in [5.74, 6) is 1.61. The first-order valence-electron chi connectivity index (χ1n) is 4.04. The molecule has 0 atom stereocenters. The van der Waals surface area contributed by atoms with Crippen LogP contribution < -0.4 is 5.73 Å². The van der Waals surface area contributed by atoms with Crippen molar-refractivity contribution < 1.29 is 0 Å². The van der Waals surface area contributed by atoms with Gasteiger partial charge in [-0.15, -0.1) is 0 Å². The maximum atomic E-state index is 5.50. The SMILES string of the molecule is CCCCSc1nccc(N)n1. The van der Waals surface area contributed by atoms with Crippen molar-refractivity contribution in [2.75, 3.05) is 11.5 Å². The van der Waals surface area contributed by atoms with Gasteiger partial charge >= 0.3 is 0 Å². The third-order valence-corrected chi connectivity index (χ3v) is 2.33. The maximum Gasteiger partial charge on any atom is 0.189 e. The number of nitrogens with zero attached hydrogens (tertiary/aromatic N) is 2. The minimum Gasteiger partial charge on any atom is -0.384 e. The van der Waals surface area contributed by atoms with Crippen molar-refractivity contribution in [1.82, 2.24) is 9.97 Å². The molecule has 0 aliphatic rings. The predicted molar refractivity (Wildman–Crippen MR) is 52.1 cm³/mol. The molecule has 0 bridgehead atoms. The van der Waals surface area contributed by atoms with E-state index in [4.69, 9.17) is 5.73 Å². The van der Waals surface area contributed by atoms with Crippen molar-refractivity contribution >= 4 is 17.6 Å². The first-order valence-corrected chi connectivity index (χ1v) is 5.03. The smallest absolute Gasteiger partial charge is 0.189 e. The zero-order valence-corrected chi connectivity index (χ0v) is 7.97. The highest BCUT2D eigenvalue weighted by molar-refractivity contribution is 7.99. The van der Waals surface area contributed by atoms with E-state index >= 15 is 0 Å². The van der Waals surface area contributed by atoms with Crippen LogP contribution >= 0.6 is 11.8 Å². The number of thioether (sulfide) groups is 1. The van der Waals surface area contributed by atoms with E-state index in [9.17, 15) is 0 Å². The molecule has 1 rings (SSSR count). The quantitative estimate of drug-likeness (QED) is 0.440. The van der Waals surface area contributed by atoms with Crippen LogP contribution in [0.25, 0.3) is 0 Å². The highest BCUT2D eigenvalue weighted by Crippen LogP contribution is 2.14. The van der Waals surface area contributed by atoms with Gasteiger partial charge in [0.2, 0.25) is 0 Å². The molecule has 1 aromatic rings. The first-order chi connectivity index (χ1) is 5.83. The molecule has 0 aromatic carbocycles. The Morgan fingerprint density at radius 3 is 3.08 bits per heavy atom. The molecule has 3 nitrogen and oxygen atoms in total. The third-order valence-electron chi connectivity index (χ3n) is 1.38. The van der Waals surface area contributed by atoms with Crippen LogP contribution in [-0.2, 0) is 0 Å². The topological polar surface area (TPSA) is 51.8 Å². The number of anilines is 1. The van der Waals surface area contributed by atoms with E-state index in [0.717, 1.165) is 10.9 Å². The minimum atomic E-state index is 0.545. The van der Waals surface area contributed by atoms with E-state index in [-0.39, 0.29) is 0 Å². The molecule has 0 saturated heterocycles. The molecule has 1 aromatic heterocycles. The zero-order chi connectivity index (χ0) is 8.81. The van der Waals surface area contributed by atoms with Gasteiger partial charge in [-0.3, -0.25) is 0 Å². The largest absolute Gasteiger partial charge is 0.384 e. The second-order valence-electron chi connectivity index (χ2n) is 2.47. The lowest BCUT2D eigenvalue weighted by Crippen LogP contribution is -1.93. The summed E-state index contributed by atoms with van der Waals surface area (Å²) in [4.78, 5) is 8.16. The number of nitrogen functional groups attached to an aromatic ring is 1. The molecule has 0 fully saturated rings. The van der Waals surface area contributed by atoms with Gasteiger partial charge in [-0.2, -0.15) is 0 Å². The zero-order valence-electron chi connectivity index (χ0n) is 7.16. The highest BCUT2D eigenvalue weighted by Gasteiger charge is 1.96. The van der Waals surface area contributed by atoms with Gasteiger partial charge in [-0.25, -0.2) is 9.97 Å². The summed E-state index contributed by atoms with van der Waals surface area (Å²) in [6.07, 6.45) is 4.09. The van der Waals surface area contributed by atoms with Crippen molar-refractivity contribution in [2.45, 2.75) is 24.9 Å². The highest BCUT2D eigenvalue weighted by atomic mass is 32.2. The van der Waals surface area contributed by atoms with Crippen LogP contribution in [0.2, 0.25) is 0 Å². The maximum absolute atomic E-state index is 5.50. The molecule has 0 radical (unpaired) electrons. The molecule has 4 heteroatoms. The molecular formula is C8H13N3S. The summed E-state index contributed by atoms with van der Waals surface area (Å²) in [7, 11) is 0. The Morgan fingerprint density at radius 1 is 1.58 bits per heavy atom. The minimum absolute atomic E-state index is 0.545. The summed E-state index contributed by atoms with van der Waals surface area (Å²) in [6.45, 7) is 2.17. The molecule has 12 heavy (non-hydrogen) atoms. The van der Waals surface area contributed by atoms with Crippen LogP contribution in [0.4, 0.5) is 5.82 Å². The number of rotatable bonds is 4. The van der Waals surface area contributed by atoms with Crippen LogP contribution in [0.5, 0.6) is 0 Å². The fourth-order valence-corrected chi connectivity index (χ4v) is 1.65. The van der Waals surface area contributed by atoms with Crippen LogP contribution in [-0.4, -0.2) is 15.7 Å². The number of unbranched alkanes of at least 4 members (excludes halogenated alkanes) is 1. The van der Waals surface area contributed by atoms with Crippen LogP contribution in [0.1, 0.15) is 19.8 Å². The number of hydrogen-bond donors (Lipinski definition) is 1. The fourth-order valence-electron chi connectivity index (χ4n) is 0.731. The Hall–Kier alpha value is -0.770. The van der Waals surface area contributed by atoms with E-state index in [1.807, 2.05) is 0 Å². The van der Waals surface area contributed by atoms with Gasteiger partial charge < -0.3 is 5.73 Å².